The predicted molar refractivity (Wildman–Crippen MR) is 59.9 cm³/mol. The molecule has 16 heavy (non-hydrogen) atoms. The van der Waals surface area contributed by atoms with Gasteiger partial charge in [0.25, 0.3) is 0 Å². The third-order valence-corrected chi connectivity index (χ3v) is 2.07. The molecule has 0 saturated carbocycles. The summed E-state index contributed by atoms with van der Waals surface area (Å²) in [7, 11) is 0. The highest BCUT2D eigenvalue weighted by Crippen LogP contribution is 2.27. The molecule has 0 bridgehead atoms. The molecule has 2 N–H and O–H groups in total. The number of aromatic nitrogens is 1. The zero-order valence-electron chi connectivity index (χ0n) is 8.77. The minimum atomic E-state index is -0.380. The molecule has 82 valence electrons. The summed E-state index contributed by atoms with van der Waals surface area (Å²) in [6, 6.07) is 7.46. The van der Waals surface area contributed by atoms with Gasteiger partial charge in [0, 0.05) is 24.0 Å². The smallest absolute Gasteiger partial charge is 0.153 e. The minimum absolute atomic E-state index is 0.311. The number of aryl methyl sites for hydroxylation is 1. The van der Waals surface area contributed by atoms with Crippen molar-refractivity contribution in [3.8, 4) is 11.5 Å². The van der Waals surface area contributed by atoms with Crippen LogP contribution in [-0.4, -0.2) is 4.98 Å². The Morgan fingerprint density at radius 3 is 2.81 bits per heavy atom. The van der Waals surface area contributed by atoms with Crippen LogP contribution in [0.25, 0.3) is 0 Å². The zero-order valence-corrected chi connectivity index (χ0v) is 8.77. The maximum Gasteiger partial charge on any atom is 0.153 e. The highest BCUT2D eigenvalue weighted by molar-refractivity contribution is 5.53. The SMILES string of the molecule is Cc1cc(Oc2cc(F)ccc2N)ccn1. The molecule has 0 amide bonds. The molecule has 4 heteroatoms. The third kappa shape index (κ3) is 2.28. The average Bonchev–Trinajstić information content (AvgIpc) is 2.24. The molecule has 0 aliphatic heterocycles. The normalized spacial score (nSPS) is 10.1. The van der Waals surface area contributed by atoms with Crippen molar-refractivity contribution in [2.24, 2.45) is 0 Å². The van der Waals surface area contributed by atoms with E-state index in [-0.39, 0.29) is 5.82 Å². The molecule has 3 nitrogen and oxygen atoms in total. The van der Waals surface area contributed by atoms with Crippen molar-refractivity contribution < 1.29 is 9.13 Å². The number of nitrogens with two attached hydrogens (primary N) is 1. The number of hydrogen-bond donors (Lipinski definition) is 1. The van der Waals surface area contributed by atoms with E-state index in [9.17, 15) is 4.39 Å². The lowest BCUT2D eigenvalue weighted by Gasteiger charge is -2.08. The number of anilines is 1. The van der Waals surface area contributed by atoms with Crippen molar-refractivity contribution in [1.82, 2.24) is 4.98 Å². The van der Waals surface area contributed by atoms with Crippen LogP contribution in [0.5, 0.6) is 11.5 Å². The molecule has 0 fully saturated rings. The number of nitrogens with zero attached hydrogens (tertiary/aromatic N) is 1. The minimum Gasteiger partial charge on any atom is -0.455 e. The lowest BCUT2D eigenvalue weighted by atomic mass is 10.3. The largest absolute Gasteiger partial charge is 0.455 e. The van der Waals surface area contributed by atoms with Crippen molar-refractivity contribution in [3.63, 3.8) is 0 Å². The summed E-state index contributed by atoms with van der Waals surface area (Å²) < 4.78 is 18.4. The molecular weight excluding hydrogens is 207 g/mol. The van der Waals surface area contributed by atoms with Gasteiger partial charge in [0.1, 0.15) is 11.6 Å². The van der Waals surface area contributed by atoms with E-state index in [4.69, 9.17) is 10.5 Å². The monoisotopic (exact) mass is 218 g/mol. The molecule has 1 heterocycles. The predicted octanol–water partition coefficient (Wildman–Crippen LogP) is 2.90. The van der Waals surface area contributed by atoms with Gasteiger partial charge in [-0.05, 0) is 25.1 Å². The number of halogens is 1. The van der Waals surface area contributed by atoms with E-state index >= 15 is 0 Å². The van der Waals surface area contributed by atoms with E-state index in [1.807, 2.05) is 6.92 Å². The van der Waals surface area contributed by atoms with Gasteiger partial charge >= 0.3 is 0 Å². The lowest BCUT2D eigenvalue weighted by Crippen LogP contribution is -1.93. The first kappa shape index (κ1) is 10.4. The van der Waals surface area contributed by atoms with E-state index in [0.717, 1.165) is 5.69 Å². The Morgan fingerprint density at radius 1 is 1.25 bits per heavy atom. The van der Waals surface area contributed by atoms with Crippen LogP contribution in [0, 0.1) is 12.7 Å². The Kier molecular flexibility index (Phi) is 2.72. The van der Waals surface area contributed by atoms with Gasteiger partial charge in [0.2, 0.25) is 0 Å². The van der Waals surface area contributed by atoms with Gasteiger partial charge in [-0.25, -0.2) is 4.39 Å². The van der Waals surface area contributed by atoms with Gasteiger partial charge in [-0.2, -0.15) is 0 Å². The molecule has 0 unspecified atom stereocenters. The molecule has 2 rings (SSSR count). The fraction of sp³-hybridized carbons (Fsp3) is 0.0833. The van der Waals surface area contributed by atoms with Crippen LogP contribution in [0.3, 0.4) is 0 Å². The quantitative estimate of drug-likeness (QED) is 0.788. The molecular formula is C12H11FN2O. The molecule has 0 aliphatic carbocycles. The van der Waals surface area contributed by atoms with Gasteiger partial charge < -0.3 is 10.5 Å². The summed E-state index contributed by atoms with van der Waals surface area (Å²) in [5.41, 5.74) is 6.89. The van der Waals surface area contributed by atoms with Crippen LogP contribution in [0.1, 0.15) is 5.69 Å². The highest BCUT2D eigenvalue weighted by Gasteiger charge is 2.04. The van der Waals surface area contributed by atoms with Crippen LogP contribution < -0.4 is 10.5 Å². The molecule has 1 aromatic heterocycles. The van der Waals surface area contributed by atoms with Gasteiger partial charge in [0.15, 0.2) is 5.75 Å². The molecule has 0 saturated heterocycles. The zero-order chi connectivity index (χ0) is 11.5. The van der Waals surface area contributed by atoms with Crippen molar-refractivity contribution >= 4 is 5.69 Å². The number of rotatable bonds is 2. The van der Waals surface area contributed by atoms with Crippen LogP contribution in [0.15, 0.2) is 36.5 Å². The molecule has 0 atom stereocenters. The first-order valence-corrected chi connectivity index (χ1v) is 4.81. The standard InChI is InChI=1S/C12H11FN2O/c1-8-6-10(4-5-15-8)16-12-7-9(13)2-3-11(12)14/h2-7H,14H2,1H3. The van der Waals surface area contributed by atoms with Gasteiger partial charge in [-0.1, -0.05) is 0 Å². The van der Waals surface area contributed by atoms with Gasteiger partial charge in [-0.15, -0.1) is 0 Å². The maximum atomic E-state index is 13.0. The Bertz CT molecular complexity index is 514. The Morgan fingerprint density at radius 2 is 2.06 bits per heavy atom. The summed E-state index contributed by atoms with van der Waals surface area (Å²) in [4.78, 5) is 4.04. The number of benzene rings is 1. The van der Waals surface area contributed by atoms with Crippen molar-refractivity contribution in [2.45, 2.75) is 6.92 Å². The molecule has 2 aromatic rings. The van der Waals surface area contributed by atoms with E-state index in [1.54, 1.807) is 18.3 Å². The molecule has 0 spiro atoms. The van der Waals surface area contributed by atoms with Crippen LogP contribution in [0.2, 0.25) is 0 Å². The van der Waals surface area contributed by atoms with Crippen LogP contribution >= 0.6 is 0 Å². The van der Waals surface area contributed by atoms with E-state index in [1.165, 1.54) is 18.2 Å². The second kappa shape index (κ2) is 4.18. The Balaban J connectivity index is 2.30. The second-order valence-electron chi connectivity index (χ2n) is 3.42. The fourth-order valence-corrected chi connectivity index (χ4v) is 1.31. The molecule has 1 aromatic carbocycles. The number of hydrogen-bond acceptors (Lipinski definition) is 3. The maximum absolute atomic E-state index is 13.0. The fourth-order valence-electron chi connectivity index (χ4n) is 1.31. The highest BCUT2D eigenvalue weighted by atomic mass is 19.1. The van der Waals surface area contributed by atoms with Crippen LogP contribution in [-0.2, 0) is 0 Å². The van der Waals surface area contributed by atoms with E-state index in [2.05, 4.69) is 4.98 Å². The lowest BCUT2D eigenvalue weighted by molar-refractivity contribution is 0.478. The summed E-state index contributed by atoms with van der Waals surface area (Å²) in [5, 5.41) is 0. The first-order chi connectivity index (χ1) is 7.65. The molecule has 0 radical (unpaired) electrons. The third-order valence-electron chi connectivity index (χ3n) is 2.07. The van der Waals surface area contributed by atoms with E-state index in [0.29, 0.717) is 17.2 Å². The topological polar surface area (TPSA) is 48.1 Å². The Hall–Kier alpha value is -2.10. The summed E-state index contributed by atoms with van der Waals surface area (Å²) in [5.74, 6) is 0.519. The first-order valence-electron chi connectivity index (χ1n) is 4.81. The average molecular weight is 218 g/mol. The summed E-state index contributed by atoms with van der Waals surface area (Å²) in [6.45, 7) is 1.85. The van der Waals surface area contributed by atoms with Crippen LogP contribution in [0.4, 0.5) is 10.1 Å². The number of ether oxygens (including phenoxy) is 1. The van der Waals surface area contributed by atoms with Crippen molar-refractivity contribution in [3.05, 3.63) is 48.0 Å². The van der Waals surface area contributed by atoms with Gasteiger partial charge in [-0.3, -0.25) is 4.98 Å². The van der Waals surface area contributed by atoms with Gasteiger partial charge in [0.05, 0.1) is 5.69 Å². The number of nitrogen functional groups attached to an aromatic ring is 1. The second-order valence-corrected chi connectivity index (χ2v) is 3.42. The molecule has 0 aliphatic rings. The summed E-state index contributed by atoms with van der Waals surface area (Å²) in [6.07, 6.45) is 1.63. The van der Waals surface area contributed by atoms with E-state index < -0.39 is 0 Å². The number of pyridine rings is 1. The Labute approximate surface area is 92.7 Å². The van der Waals surface area contributed by atoms with Crippen molar-refractivity contribution in [1.29, 1.82) is 0 Å². The van der Waals surface area contributed by atoms with Crippen molar-refractivity contribution in [2.75, 3.05) is 5.73 Å². The summed E-state index contributed by atoms with van der Waals surface area (Å²) >= 11 is 0.